The Morgan fingerprint density at radius 3 is 2.42 bits per heavy atom. The van der Waals surface area contributed by atoms with Gasteiger partial charge in [-0.3, -0.25) is 24.0 Å². The van der Waals surface area contributed by atoms with Crippen molar-refractivity contribution in [3.05, 3.63) is 60.1 Å². The van der Waals surface area contributed by atoms with Crippen LogP contribution >= 0.6 is 11.3 Å². The number of nitrogens with one attached hydrogen (secondary N) is 2. The van der Waals surface area contributed by atoms with Gasteiger partial charge in [-0.2, -0.15) is 13.2 Å². The molecular formula is C48H59F3N6O10S2. The number of sulfonamides is 1. The Morgan fingerprint density at radius 2 is 1.80 bits per heavy atom. The van der Waals surface area contributed by atoms with Crippen LogP contribution in [-0.4, -0.2) is 123 Å². The van der Waals surface area contributed by atoms with Crippen molar-refractivity contribution < 1.29 is 60.1 Å². The Hall–Kier alpha value is -5.28. The third kappa shape index (κ3) is 10.6. The molecule has 1 aromatic carbocycles. The van der Waals surface area contributed by atoms with E-state index < -0.39 is 98.8 Å². The molecule has 0 bridgehead atoms. The molecule has 3 aromatic rings. The van der Waals surface area contributed by atoms with Gasteiger partial charge < -0.3 is 29.5 Å². The molecule has 16 nitrogen and oxygen atoms in total. The molecule has 21 heteroatoms. The van der Waals surface area contributed by atoms with Gasteiger partial charge in [0, 0.05) is 48.2 Å². The molecule has 2 aromatic heterocycles. The van der Waals surface area contributed by atoms with Gasteiger partial charge in [-0.1, -0.05) is 26.0 Å². The van der Waals surface area contributed by atoms with E-state index in [9.17, 15) is 23.1 Å². The van der Waals surface area contributed by atoms with Gasteiger partial charge >= 0.3 is 12.3 Å². The van der Waals surface area contributed by atoms with Crippen LogP contribution in [0.3, 0.4) is 0 Å². The van der Waals surface area contributed by atoms with Crippen LogP contribution in [0.5, 0.6) is 11.5 Å². The standard InChI is InChI=1S/C48H59F3N6O10S2/c1-27(2)66-33-14-12-30(13-15-33)35-22-34(23-36(53-35)42-52-18-20-68-42)67-38-24-37-41(58)54-47(44(60)55-69(63,64)46(5)16-17-46)25-31(47)10-7-6-9-28(3)21-29(4)39(43(59)57(37)40(38)48(49,50)51)56(45(61)62)32-11-8-19-65-26-32/h7,10,12-15,18,20,22-23,27-29,31-32,37-40H,6,8-9,11,16-17,19,21,24-26H2,1-5H3,(H,54,58)(H,55,60)(H,61,62)/b10-7-/t28-,29-,31-,32?,37+,38-,39+,40?,47-/m1/s1. The van der Waals surface area contributed by atoms with Crippen LogP contribution in [0, 0.1) is 17.8 Å². The van der Waals surface area contributed by atoms with Crippen LogP contribution in [0.1, 0.15) is 92.4 Å². The molecule has 5 heterocycles. The summed E-state index contributed by atoms with van der Waals surface area (Å²) in [4.78, 5) is 68.6. The third-order valence-corrected chi connectivity index (χ3v) is 17.0. The predicted molar refractivity (Wildman–Crippen MR) is 249 cm³/mol. The number of aromatic nitrogens is 2. The topological polar surface area (TPSA) is 207 Å². The Balaban J connectivity index is 1.24. The van der Waals surface area contributed by atoms with Crippen molar-refractivity contribution in [2.24, 2.45) is 17.8 Å². The first-order valence-corrected chi connectivity index (χ1v) is 25.9. The summed E-state index contributed by atoms with van der Waals surface area (Å²) in [5.41, 5.74) is -0.743. The number of hydrogen-bond acceptors (Lipinski definition) is 12. The van der Waals surface area contributed by atoms with Crippen molar-refractivity contribution in [2.75, 3.05) is 13.2 Å². The Morgan fingerprint density at radius 1 is 1.07 bits per heavy atom. The Labute approximate surface area is 403 Å². The van der Waals surface area contributed by atoms with Crippen LogP contribution in [0.15, 0.2) is 60.1 Å². The largest absolute Gasteiger partial charge is 0.491 e. The van der Waals surface area contributed by atoms with Gasteiger partial charge in [0.25, 0.3) is 5.91 Å². The first-order chi connectivity index (χ1) is 32.6. The minimum Gasteiger partial charge on any atom is -0.491 e. The molecular weight excluding hydrogens is 942 g/mol. The number of carbonyl (C=O) groups excluding carboxylic acids is 3. The molecule has 0 radical (unpaired) electrons. The van der Waals surface area contributed by atoms with Gasteiger partial charge in [0.05, 0.1) is 29.2 Å². The van der Waals surface area contributed by atoms with E-state index in [0.717, 1.165) is 4.90 Å². The van der Waals surface area contributed by atoms with Crippen LogP contribution in [0.25, 0.3) is 22.0 Å². The van der Waals surface area contributed by atoms with Crippen LogP contribution in [0.4, 0.5) is 18.0 Å². The molecule has 0 spiro atoms. The number of carboxylic acid groups (broad SMARTS) is 1. The number of carbonyl (C=O) groups is 4. The molecule has 5 aliphatic rings. The fraction of sp³-hybridized carbons (Fsp3) is 0.583. The van der Waals surface area contributed by atoms with Crippen LogP contribution < -0.4 is 19.5 Å². The SMILES string of the molecule is CC(C)Oc1ccc(-c2cc(O[C@@H]3C[C@H]4C(=O)N[C@]5(C(=O)NS(=O)(=O)C6(C)CC6)C[C@H]5/C=C\CC[C@@H](C)C[C@@H](C)[C@H](N(C(=O)O)C5CCCOC5)C(=O)N4C3C(F)(F)F)cc(-c3nccs3)n2)cc1. The normalized spacial score (nSPS) is 29.9. The Kier molecular flexibility index (Phi) is 14.2. The number of benzene rings is 1. The fourth-order valence-electron chi connectivity index (χ4n) is 10.00. The number of rotatable bonds is 11. The van der Waals surface area contributed by atoms with Gasteiger partial charge in [-0.05, 0) is 108 Å². The summed E-state index contributed by atoms with van der Waals surface area (Å²) < 4.78 is 94.0. The van der Waals surface area contributed by atoms with E-state index in [4.69, 9.17) is 19.2 Å². The highest BCUT2D eigenvalue weighted by molar-refractivity contribution is 7.91. The van der Waals surface area contributed by atoms with E-state index in [1.807, 2.05) is 26.8 Å². The van der Waals surface area contributed by atoms with E-state index in [0.29, 0.717) is 65.6 Å². The minimum atomic E-state index is -5.27. The highest BCUT2D eigenvalue weighted by Gasteiger charge is 2.66. The molecule has 8 rings (SSSR count). The number of pyridine rings is 1. The highest BCUT2D eigenvalue weighted by Crippen LogP contribution is 2.49. The van der Waals surface area contributed by atoms with Gasteiger partial charge in [0.15, 0.2) is 6.04 Å². The fourth-order valence-corrected chi connectivity index (χ4v) is 11.9. The average molecular weight is 1000 g/mol. The number of thiazole rings is 1. The van der Waals surface area contributed by atoms with Gasteiger partial charge in [0.1, 0.15) is 45.9 Å². The molecule has 3 N–H and O–H groups in total. The summed E-state index contributed by atoms with van der Waals surface area (Å²) in [5, 5.41) is 15.7. The summed E-state index contributed by atoms with van der Waals surface area (Å²) in [6.45, 7) is 9.02. The van der Waals surface area contributed by atoms with Crippen LogP contribution in [0.2, 0.25) is 0 Å². The van der Waals surface area contributed by atoms with Crippen molar-refractivity contribution in [2.45, 2.75) is 145 Å². The van der Waals surface area contributed by atoms with E-state index in [1.165, 1.54) is 30.4 Å². The summed E-state index contributed by atoms with van der Waals surface area (Å²) in [5.74, 6) is -4.71. The molecule has 3 aliphatic heterocycles. The zero-order valence-electron chi connectivity index (χ0n) is 39.1. The molecule has 2 unspecified atom stereocenters. The van der Waals surface area contributed by atoms with Crippen LogP contribution in [-0.2, 0) is 29.1 Å². The molecule has 374 valence electrons. The van der Waals surface area contributed by atoms with Crippen molar-refractivity contribution in [3.8, 4) is 33.5 Å². The van der Waals surface area contributed by atoms with Crippen molar-refractivity contribution in [1.29, 1.82) is 0 Å². The molecule has 2 saturated heterocycles. The number of hydrogen-bond donors (Lipinski definition) is 3. The predicted octanol–water partition coefficient (Wildman–Crippen LogP) is 7.35. The number of alkyl halides is 3. The number of halogens is 3. The number of ether oxygens (including phenoxy) is 3. The van der Waals surface area contributed by atoms with Gasteiger partial charge in [-0.15, -0.1) is 11.3 Å². The van der Waals surface area contributed by atoms with E-state index in [-0.39, 0.29) is 49.3 Å². The van der Waals surface area contributed by atoms with Crippen molar-refractivity contribution in [1.82, 2.24) is 29.8 Å². The zero-order chi connectivity index (χ0) is 49.6. The number of amides is 4. The smallest absolute Gasteiger partial charge is 0.412 e. The van der Waals surface area contributed by atoms with E-state index >= 15 is 22.8 Å². The molecule has 4 amide bonds. The number of nitrogens with zero attached hydrogens (tertiary/aromatic N) is 4. The highest BCUT2D eigenvalue weighted by atomic mass is 32.2. The van der Waals surface area contributed by atoms with Gasteiger partial charge in [-0.25, -0.2) is 23.2 Å². The maximum absolute atomic E-state index is 16.2. The summed E-state index contributed by atoms with van der Waals surface area (Å²) in [6.07, 6.45) is -2.05. The lowest BCUT2D eigenvalue weighted by molar-refractivity contribution is -0.200. The van der Waals surface area contributed by atoms with Crippen molar-refractivity contribution in [3.63, 3.8) is 0 Å². The molecule has 2 saturated carbocycles. The molecule has 9 atom stereocenters. The van der Waals surface area contributed by atoms with E-state index in [1.54, 1.807) is 48.8 Å². The average Bonchev–Trinajstić information content (AvgIpc) is 4.05. The number of allylic oxidation sites excluding steroid dienone is 1. The summed E-state index contributed by atoms with van der Waals surface area (Å²) in [7, 11) is -4.22. The molecule has 69 heavy (non-hydrogen) atoms. The monoisotopic (exact) mass is 1000 g/mol. The molecule has 2 aliphatic carbocycles. The number of fused-ring (bicyclic) bond motifs is 2. The van der Waals surface area contributed by atoms with E-state index in [2.05, 4.69) is 15.0 Å². The second-order valence-corrected chi connectivity index (χ2v) is 22.8. The second-order valence-electron chi connectivity index (χ2n) is 19.7. The van der Waals surface area contributed by atoms with Gasteiger partial charge in [0.2, 0.25) is 21.8 Å². The quantitative estimate of drug-likeness (QED) is 0.161. The first-order valence-electron chi connectivity index (χ1n) is 23.5. The lowest BCUT2D eigenvalue weighted by Crippen LogP contribution is -2.64. The minimum absolute atomic E-state index is 0.0653. The Bertz CT molecular complexity index is 2530. The summed E-state index contributed by atoms with van der Waals surface area (Å²) in [6, 6.07) is 2.40. The maximum atomic E-state index is 16.2. The lowest BCUT2D eigenvalue weighted by Gasteiger charge is -2.43. The second kappa shape index (κ2) is 19.5. The summed E-state index contributed by atoms with van der Waals surface area (Å²) >= 11 is 1.24. The zero-order valence-corrected chi connectivity index (χ0v) is 40.7. The van der Waals surface area contributed by atoms with Crippen molar-refractivity contribution >= 4 is 45.2 Å². The molecule has 4 fully saturated rings. The first kappa shape index (κ1) is 50.1. The maximum Gasteiger partial charge on any atom is 0.412 e. The lowest BCUT2D eigenvalue weighted by atomic mass is 9.86. The third-order valence-electron chi connectivity index (χ3n) is 14.0.